The third-order valence-electron chi connectivity index (χ3n) is 8.10. The van der Waals surface area contributed by atoms with Gasteiger partial charge in [0.05, 0.1) is 57.8 Å². The topological polar surface area (TPSA) is 182 Å². The first-order valence-corrected chi connectivity index (χ1v) is 19.5. The molecule has 0 bridgehead atoms. The number of halogens is 2. The summed E-state index contributed by atoms with van der Waals surface area (Å²) in [7, 11) is -1.72. The summed E-state index contributed by atoms with van der Waals surface area (Å²) in [5.41, 5.74) is 3.04. The highest BCUT2D eigenvalue weighted by molar-refractivity contribution is 7.89. The number of aliphatic hydroxyl groups excluding tert-OH is 2. The van der Waals surface area contributed by atoms with Crippen molar-refractivity contribution in [2.24, 2.45) is 0 Å². The van der Waals surface area contributed by atoms with E-state index in [0.29, 0.717) is 49.4 Å². The molecule has 1 amide bonds. The van der Waals surface area contributed by atoms with Gasteiger partial charge in [-0.15, -0.1) is 0 Å². The Morgan fingerprint density at radius 1 is 0.865 bits per heavy atom. The van der Waals surface area contributed by atoms with Crippen LogP contribution in [0, 0.1) is 0 Å². The van der Waals surface area contributed by atoms with E-state index >= 15 is 0 Å². The minimum atomic E-state index is -3.74. The lowest BCUT2D eigenvalue weighted by Crippen LogP contribution is -2.46. The van der Waals surface area contributed by atoms with E-state index in [1.165, 1.54) is 0 Å². The molecule has 0 saturated carbocycles. The summed E-state index contributed by atoms with van der Waals surface area (Å²) in [6, 6.07) is 10.5. The Bertz CT molecular complexity index is 1500. The van der Waals surface area contributed by atoms with Gasteiger partial charge in [-0.25, -0.2) is 13.1 Å². The lowest BCUT2D eigenvalue weighted by atomic mass is 9.85. The molecule has 0 fully saturated rings. The molecule has 14 nitrogen and oxygen atoms in total. The molecule has 17 heteroatoms. The number of likely N-dealkylation sites (N-methyl/N-ethyl adjacent to an activating group) is 1. The molecule has 292 valence electrons. The van der Waals surface area contributed by atoms with Crippen molar-refractivity contribution in [3.8, 4) is 0 Å². The Morgan fingerprint density at radius 2 is 1.46 bits per heavy atom. The number of ether oxygens (including phenoxy) is 5. The van der Waals surface area contributed by atoms with Crippen LogP contribution in [0.3, 0.4) is 0 Å². The molecule has 0 radical (unpaired) electrons. The third kappa shape index (κ3) is 14.9. The molecule has 4 N–H and O–H groups in total. The minimum Gasteiger partial charge on any atom is -0.382 e. The van der Waals surface area contributed by atoms with Gasteiger partial charge in [0.15, 0.2) is 11.9 Å². The SMILES string of the molecule is CCOCCOCCCC(=O)C(O)C(O)C(=O)NCCOCCOCCOCCNS(=O)(=O)c1ccc([C@@H]2CN(C)Cc3c(Cl)cc(Cl)cc32)cc1. The van der Waals surface area contributed by atoms with Gasteiger partial charge in [0.1, 0.15) is 6.10 Å². The number of nitrogens with zero attached hydrogens (tertiary/aromatic N) is 1. The van der Waals surface area contributed by atoms with Crippen molar-refractivity contribution in [2.75, 3.05) is 92.8 Å². The number of benzene rings is 2. The summed E-state index contributed by atoms with van der Waals surface area (Å²) in [5, 5.41) is 23.5. The molecular formula is C35H51Cl2N3O11S. The Kier molecular flexibility index (Phi) is 20.0. The molecule has 1 aliphatic rings. The van der Waals surface area contributed by atoms with Crippen LogP contribution in [0.2, 0.25) is 10.0 Å². The zero-order chi connectivity index (χ0) is 37.9. The van der Waals surface area contributed by atoms with E-state index in [4.69, 9.17) is 46.9 Å². The molecule has 52 heavy (non-hydrogen) atoms. The standard InChI is InChI=1S/C35H51Cl2N3O11S/c1-3-47-15-16-48-12-4-5-32(41)33(42)34(43)35(44)38-10-13-49-17-19-51-20-18-50-14-11-39-52(45,46)27-8-6-25(7-9-27)29-23-40(2)24-30-28(29)21-26(36)22-31(30)37/h6-9,21-22,29,33-34,39,42-43H,3-5,10-20,23-24H2,1-2H3,(H,38,44)/t29-,33?,34?/m0/s1. The predicted molar refractivity (Wildman–Crippen MR) is 195 cm³/mol. The lowest BCUT2D eigenvalue weighted by Gasteiger charge is -2.33. The fourth-order valence-electron chi connectivity index (χ4n) is 5.41. The normalized spacial score (nSPS) is 16.0. The van der Waals surface area contributed by atoms with Crippen molar-refractivity contribution in [1.82, 2.24) is 14.9 Å². The van der Waals surface area contributed by atoms with Crippen LogP contribution < -0.4 is 10.0 Å². The van der Waals surface area contributed by atoms with Gasteiger partial charge in [0, 0.05) is 61.8 Å². The molecular weight excluding hydrogens is 741 g/mol. The van der Waals surface area contributed by atoms with Crippen LogP contribution in [0.5, 0.6) is 0 Å². The second kappa shape index (κ2) is 23.5. The van der Waals surface area contributed by atoms with Gasteiger partial charge in [-0.05, 0) is 61.3 Å². The van der Waals surface area contributed by atoms with Crippen LogP contribution in [0.15, 0.2) is 41.3 Å². The number of carbonyl (C=O) groups is 2. The fourth-order valence-corrected chi connectivity index (χ4v) is 7.00. The van der Waals surface area contributed by atoms with Crippen LogP contribution >= 0.6 is 23.2 Å². The number of aliphatic hydroxyl groups is 2. The Labute approximate surface area is 316 Å². The first kappa shape index (κ1) is 44.1. The van der Waals surface area contributed by atoms with Gasteiger partial charge in [-0.3, -0.25) is 9.59 Å². The van der Waals surface area contributed by atoms with Crippen LogP contribution in [-0.4, -0.2) is 140 Å². The van der Waals surface area contributed by atoms with E-state index in [1.807, 2.05) is 32.2 Å². The van der Waals surface area contributed by atoms with Crippen LogP contribution in [0.4, 0.5) is 0 Å². The first-order chi connectivity index (χ1) is 24.9. The summed E-state index contributed by atoms with van der Waals surface area (Å²) in [6.45, 7) is 6.50. The number of hydrogen-bond acceptors (Lipinski definition) is 12. The molecule has 2 aromatic carbocycles. The molecule has 2 aromatic rings. The molecule has 0 aromatic heterocycles. The van der Waals surface area contributed by atoms with Crippen LogP contribution in [-0.2, 0) is 49.8 Å². The van der Waals surface area contributed by atoms with E-state index in [0.717, 1.165) is 23.2 Å². The highest BCUT2D eigenvalue weighted by Gasteiger charge is 2.30. The highest BCUT2D eigenvalue weighted by Crippen LogP contribution is 2.38. The van der Waals surface area contributed by atoms with E-state index in [-0.39, 0.29) is 70.0 Å². The molecule has 0 saturated heterocycles. The zero-order valence-corrected chi connectivity index (χ0v) is 32.0. The smallest absolute Gasteiger partial charge is 0.252 e. The monoisotopic (exact) mass is 791 g/mol. The quantitative estimate of drug-likeness (QED) is 0.102. The minimum absolute atomic E-state index is 0.00274. The van der Waals surface area contributed by atoms with Gasteiger partial charge in [-0.1, -0.05) is 35.3 Å². The Balaban J connectivity index is 1.21. The average Bonchev–Trinajstić information content (AvgIpc) is 3.12. The predicted octanol–water partition coefficient (Wildman–Crippen LogP) is 2.14. The Morgan fingerprint density at radius 3 is 2.12 bits per heavy atom. The van der Waals surface area contributed by atoms with Gasteiger partial charge in [0.25, 0.3) is 5.91 Å². The number of rotatable bonds is 26. The molecule has 2 unspecified atom stereocenters. The van der Waals surface area contributed by atoms with Crippen LogP contribution in [0.1, 0.15) is 42.4 Å². The summed E-state index contributed by atoms with van der Waals surface area (Å²) in [5.74, 6) is -1.52. The second-order valence-electron chi connectivity index (χ2n) is 12.1. The Hall–Kier alpha value is -2.25. The number of hydrogen-bond donors (Lipinski definition) is 4. The fraction of sp³-hybridized carbons (Fsp3) is 0.600. The first-order valence-electron chi connectivity index (χ1n) is 17.3. The van der Waals surface area contributed by atoms with Crippen molar-refractivity contribution in [1.29, 1.82) is 0 Å². The van der Waals surface area contributed by atoms with Crippen molar-refractivity contribution >= 4 is 44.9 Å². The van der Waals surface area contributed by atoms with Gasteiger partial charge >= 0.3 is 0 Å². The number of nitrogens with one attached hydrogen (secondary N) is 2. The van der Waals surface area contributed by atoms with Gasteiger partial charge in [0.2, 0.25) is 10.0 Å². The third-order valence-corrected chi connectivity index (χ3v) is 10.1. The van der Waals surface area contributed by atoms with Crippen molar-refractivity contribution in [3.63, 3.8) is 0 Å². The van der Waals surface area contributed by atoms with Crippen LogP contribution in [0.25, 0.3) is 0 Å². The number of Topliss-reactive ketones (excluding diaryl/α,β-unsaturated/α-hetero) is 1. The number of carbonyl (C=O) groups excluding carboxylic acids is 2. The maximum absolute atomic E-state index is 12.8. The maximum Gasteiger partial charge on any atom is 0.252 e. The molecule has 1 heterocycles. The summed E-state index contributed by atoms with van der Waals surface area (Å²) in [4.78, 5) is 26.4. The van der Waals surface area contributed by atoms with Crippen molar-refractivity contribution in [2.45, 2.75) is 49.3 Å². The maximum atomic E-state index is 12.8. The second-order valence-corrected chi connectivity index (χ2v) is 14.7. The van der Waals surface area contributed by atoms with Gasteiger partial charge < -0.3 is 44.1 Å². The number of ketones is 1. The molecule has 3 rings (SSSR count). The largest absolute Gasteiger partial charge is 0.382 e. The average molecular weight is 793 g/mol. The molecule has 0 spiro atoms. The summed E-state index contributed by atoms with van der Waals surface area (Å²) < 4.78 is 54.9. The number of amides is 1. The van der Waals surface area contributed by atoms with E-state index in [2.05, 4.69) is 14.9 Å². The zero-order valence-electron chi connectivity index (χ0n) is 29.7. The number of sulfonamides is 1. The lowest BCUT2D eigenvalue weighted by molar-refractivity contribution is -0.145. The van der Waals surface area contributed by atoms with Crippen molar-refractivity contribution < 1.29 is 51.9 Å². The summed E-state index contributed by atoms with van der Waals surface area (Å²) in [6.07, 6.45) is -3.40. The van der Waals surface area contributed by atoms with Crippen molar-refractivity contribution in [3.05, 3.63) is 63.1 Å². The number of fused-ring (bicyclic) bond motifs is 1. The van der Waals surface area contributed by atoms with E-state index < -0.39 is 33.9 Å². The highest BCUT2D eigenvalue weighted by atomic mass is 35.5. The van der Waals surface area contributed by atoms with E-state index in [9.17, 15) is 28.2 Å². The molecule has 1 aliphatic heterocycles. The molecule has 0 aliphatic carbocycles. The van der Waals surface area contributed by atoms with Gasteiger partial charge in [-0.2, -0.15) is 0 Å². The summed E-state index contributed by atoms with van der Waals surface area (Å²) >= 11 is 12.8. The van der Waals surface area contributed by atoms with E-state index in [1.54, 1.807) is 18.2 Å². The molecule has 3 atom stereocenters.